The van der Waals surface area contributed by atoms with Gasteiger partial charge in [-0.2, -0.15) is 0 Å². The van der Waals surface area contributed by atoms with E-state index in [9.17, 15) is 0 Å². The fourth-order valence-corrected chi connectivity index (χ4v) is 1.51. The first-order valence-corrected chi connectivity index (χ1v) is 3.90. The Bertz CT molecular complexity index is 95.0. The zero-order valence-corrected chi connectivity index (χ0v) is 7.02. The zero-order chi connectivity index (χ0) is 7.56. The van der Waals surface area contributed by atoms with Gasteiger partial charge in [0.25, 0.3) is 0 Å². The van der Waals surface area contributed by atoms with Crippen LogP contribution in [-0.4, -0.2) is 37.2 Å². The lowest BCUT2D eigenvalue weighted by molar-refractivity contribution is 0.128. The predicted octanol–water partition coefficient (Wildman–Crippen LogP) is -0.197. The van der Waals surface area contributed by atoms with Crippen LogP contribution >= 0.6 is 0 Å². The average molecular weight is 143 g/mol. The van der Waals surface area contributed by atoms with Crippen molar-refractivity contribution in [2.75, 3.05) is 20.1 Å². The van der Waals surface area contributed by atoms with Crippen molar-refractivity contribution in [3.8, 4) is 0 Å². The number of hydrogen-bond donors (Lipinski definition) is 2. The summed E-state index contributed by atoms with van der Waals surface area (Å²) in [5.41, 5.74) is 3.16. The van der Waals surface area contributed by atoms with Gasteiger partial charge in [0, 0.05) is 25.2 Å². The van der Waals surface area contributed by atoms with Crippen LogP contribution in [-0.2, 0) is 0 Å². The lowest BCUT2D eigenvalue weighted by atomic mass is 10.2. The van der Waals surface area contributed by atoms with Crippen molar-refractivity contribution < 1.29 is 0 Å². The van der Waals surface area contributed by atoms with Crippen molar-refractivity contribution in [1.82, 2.24) is 15.8 Å². The van der Waals surface area contributed by atoms with Gasteiger partial charge in [-0.25, -0.2) is 5.01 Å². The molecule has 60 valence electrons. The SMILES string of the molecule is CNN1CC(C)NC(C)C1. The lowest BCUT2D eigenvalue weighted by Crippen LogP contribution is -2.57. The molecule has 0 spiro atoms. The quantitative estimate of drug-likeness (QED) is 0.532. The molecule has 1 fully saturated rings. The van der Waals surface area contributed by atoms with Crippen LogP contribution < -0.4 is 10.7 Å². The molecule has 1 aliphatic heterocycles. The van der Waals surface area contributed by atoms with Crippen LogP contribution in [0.25, 0.3) is 0 Å². The van der Waals surface area contributed by atoms with Gasteiger partial charge < -0.3 is 5.32 Å². The summed E-state index contributed by atoms with van der Waals surface area (Å²) in [6, 6.07) is 1.22. The van der Waals surface area contributed by atoms with Crippen molar-refractivity contribution >= 4 is 0 Å². The number of hydrazine groups is 1. The van der Waals surface area contributed by atoms with Gasteiger partial charge in [-0.15, -0.1) is 0 Å². The van der Waals surface area contributed by atoms with Gasteiger partial charge in [0.2, 0.25) is 0 Å². The van der Waals surface area contributed by atoms with Gasteiger partial charge >= 0.3 is 0 Å². The summed E-state index contributed by atoms with van der Waals surface area (Å²) in [5, 5.41) is 5.70. The van der Waals surface area contributed by atoms with Crippen molar-refractivity contribution in [2.24, 2.45) is 0 Å². The smallest absolute Gasteiger partial charge is 0.0283 e. The minimum Gasteiger partial charge on any atom is -0.309 e. The molecule has 0 aliphatic carbocycles. The summed E-state index contributed by atoms with van der Waals surface area (Å²) in [6.45, 7) is 6.61. The average Bonchev–Trinajstić information content (AvgIpc) is 1.85. The number of hydrogen-bond acceptors (Lipinski definition) is 3. The second-order valence-corrected chi connectivity index (χ2v) is 3.10. The Morgan fingerprint density at radius 3 is 2.20 bits per heavy atom. The van der Waals surface area contributed by atoms with E-state index in [1.54, 1.807) is 0 Å². The summed E-state index contributed by atoms with van der Waals surface area (Å²) in [4.78, 5) is 0. The van der Waals surface area contributed by atoms with Gasteiger partial charge in [-0.05, 0) is 20.9 Å². The first-order chi connectivity index (χ1) is 4.72. The molecular weight excluding hydrogens is 126 g/mol. The van der Waals surface area contributed by atoms with Crippen LogP contribution in [0.3, 0.4) is 0 Å². The summed E-state index contributed by atoms with van der Waals surface area (Å²) in [6.07, 6.45) is 0. The third-order valence-electron chi connectivity index (χ3n) is 1.87. The van der Waals surface area contributed by atoms with Crippen molar-refractivity contribution in [3.05, 3.63) is 0 Å². The zero-order valence-electron chi connectivity index (χ0n) is 7.02. The minimum absolute atomic E-state index is 0.608. The molecule has 0 amide bonds. The van der Waals surface area contributed by atoms with Crippen molar-refractivity contribution in [1.29, 1.82) is 0 Å². The van der Waals surface area contributed by atoms with Gasteiger partial charge in [-0.3, -0.25) is 5.43 Å². The Hall–Kier alpha value is -0.120. The highest BCUT2D eigenvalue weighted by Gasteiger charge is 2.18. The molecule has 2 unspecified atom stereocenters. The van der Waals surface area contributed by atoms with Gasteiger partial charge in [0.05, 0.1) is 0 Å². The van der Waals surface area contributed by atoms with E-state index in [4.69, 9.17) is 0 Å². The van der Waals surface area contributed by atoms with Gasteiger partial charge in [-0.1, -0.05) is 0 Å². The molecule has 2 atom stereocenters. The maximum atomic E-state index is 3.46. The fraction of sp³-hybridized carbons (Fsp3) is 1.00. The van der Waals surface area contributed by atoms with E-state index in [1.807, 2.05) is 7.05 Å². The monoisotopic (exact) mass is 143 g/mol. The third-order valence-corrected chi connectivity index (χ3v) is 1.87. The highest BCUT2D eigenvalue weighted by molar-refractivity contribution is 4.78. The van der Waals surface area contributed by atoms with Crippen molar-refractivity contribution in [3.63, 3.8) is 0 Å². The minimum atomic E-state index is 0.608. The highest BCUT2D eigenvalue weighted by Crippen LogP contribution is 1.99. The first-order valence-electron chi connectivity index (χ1n) is 3.90. The summed E-state index contributed by atoms with van der Waals surface area (Å²) in [7, 11) is 1.98. The second-order valence-electron chi connectivity index (χ2n) is 3.10. The van der Waals surface area contributed by atoms with Gasteiger partial charge in [0.15, 0.2) is 0 Å². The van der Waals surface area contributed by atoms with Crippen LogP contribution in [0.5, 0.6) is 0 Å². The summed E-state index contributed by atoms with van der Waals surface area (Å²) in [5.74, 6) is 0. The van der Waals surface area contributed by atoms with E-state index in [2.05, 4.69) is 29.6 Å². The lowest BCUT2D eigenvalue weighted by Gasteiger charge is -2.35. The maximum Gasteiger partial charge on any atom is 0.0283 e. The maximum absolute atomic E-state index is 3.46. The Morgan fingerprint density at radius 1 is 1.30 bits per heavy atom. The summed E-state index contributed by atoms with van der Waals surface area (Å²) >= 11 is 0. The molecule has 0 saturated carbocycles. The van der Waals surface area contributed by atoms with E-state index in [1.165, 1.54) is 0 Å². The number of nitrogens with one attached hydrogen (secondary N) is 2. The molecule has 1 rings (SSSR count). The van der Waals surface area contributed by atoms with E-state index in [-0.39, 0.29) is 0 Å². The Morgan fingerprint density at radius 2 is 1.80 bits per heavy atom. The number of piperazine rings is 1. The molecule has 0 radical (unpaired) electrons. The fourth-order valence-electron chi connectivity index (χ4n) is 1.51. The Labute approximate surface area is 62.8 Å². The molecule has 10 heavy (non-hydrogen) atoms. The number of nitrogens with zero attached hydrogens (tertiary/aromatic N) is 1. The standard InChI is InChI=1S/C7H17N3/c1-6-4-10(8-3)5-7(2)9-6/h6-9H,4-5H2,1-3H3. The normalized spacial score (nSPS) is 36.3. The molecule has 3 nitrogen and oxygen atoms in total. The number of rotatable bonds is 1. The summed E-state index contributed by atoms with van der Waals surface area (Å²) < 4.78 is 0. The van der Waals surface area contributed by atoms with Crippen LogP contribution in [0.1, 0.15) is 13.8 Å². The largest absolute Gasteiger partial charge is 0.309 e. The van der Waals surface area contributed by atoms with Crippen molar-refractivity contribution in [2.45, 2.75) is 25.9 Å². The molecule has 2 N–H and O–H groups in total. The molecule has 0 aromatic heterocycles. The molecule has 0 bridgehead atoms. The molecule has 0 aromatic carbocycles. The second kappa shape index (κ2) is 3.32. The van der Waals surface area contributed by atoms with E-state index in [0.29, 0.717) is 12.1 Å². The van der Waals surface area contributed by atoms with Crippen LogP contribution in [0.15, 0.2) is 0 Å². The molecule has 1 saturated heterocycles. The Balaban J connectivity index is 2.35. The van der Waals surface area contributed by atoms with E-state index < -0.39 is 0 Å². The molecule has 0 aromatic rings. The predicted molar refractivity (Wildman–Crippen MR) is 42.7 cm³/mol. The first kappa shape index (κ1) is 7.98. The van der Waals surface area contributed by atoms with Crippen LogP contribution in [0.4, 0.5) is 0 Å². The highest BCUT2D eigenvalue weighted by atomic mass is 15.5. The van der Waals surface area contributed by atoms with Gasteiger partial charge in [0.1, 0.15) is 0 Å². The molecule has 1 aliphatic rings. The molecule has 1 heterocycles. The topological polar surface area (TPSA) is 27.3 Å². The molecule has 3 heteroatoms. The third kappa shape index (κ3) is 1.94. The van der Waals surface area contributed by atoms with E-state index in [0.717, 1.165) is 13.1 Å². The van der Waals surface area contributed by atoms with E-state index >= 15 is 0 Å². The Kier molecular flexibility index (Phi) is 2.65. The molecular formula is C7H17N3. The van der Waals surface area contributed by atoms with Crippen LogP contribution in [0.2, 0.25) is 0 Å². The van der Waals surface area contributed by atoms with Crippen LogP contribution in [0, 0.1) is 0 Å².